The molecule has 0 fully saturated rings. The molecule has 0 aliphatic carbocycles. The molecule has 0 aliphatic heterocycles. The summed E-state index contributed by atoms with van der Waals surface area (Å²) >= 11 is 22.5. The van der Waals surface area contributed by atoms with E-state index < -0.39 is 6.10 Å². The Bertz CT molecular complexity index is 693. The van der Waals surface area contributed by atoms with Crippen molar-refractivity contribution < 1.29 is 9.84 Å². The van der Waals surface area contributed by atoms with Crippen molar-refractivity contribution in [3.8, 4) is 0 Å². The molecule has 0 amide bonds. The van der Waals surface area contributed by atoms with Crippen LogP contribution in [0, 0.1) is 0 Å². The van der Waals surface area contributed by atoms with Crippen LogP contribution in [-0.4, -0.2) is 23.3 Å². The second kappa shape index (κ2) is 11.5. The molecule has 2 rings (SSSR count). The van der Waals surface area contributed by atoms with Crippen LogP contribution in [0.3, 0.4) is 0 Å². The number of hydrogen-bond donors (Lipinski definition) is 1. The number of aromatic nitrogens is 1. The molecule has 1 heterocycles. The van der Waals surface area contributed by atoms with E-state index in [4.69, 9.17) is 51.1 Å². The van der Waals surface area contributed by atoms with Crippen LogP contribution in [0.2, 0.25) is 10.0 Å². The summed E-state index contributed by atoms with van der Waals surface area (Å²) in [6.07, 6.45) is 2.48. The first kappa shape index (κ1) is 22.0. The van der Waals surface area contributed by atoms with E-state index in [0.29, 0.717) is 44.5 Å². The summed E-state index contributed by atoms with van der Waals surface area (Å²) in [6, 6.07) is 8.58. The second-order valence-corrected chi connectivity index (χ2v) is 6.79. The molecular weight excluding hydrogens is 404 g/mol. The number of aliphatic hydroxyl groups excluding tert-OH is 1. The van der Waals surface area contributed by atoms with Crippen LogP contribution in [-0.2, 0) is 4.74 Å². The first-order valence-electron chi connectivity index (χ1n) is 7.08. The highest BCUT2D eigenvalue weighted by molar-refractivity contribution is 6.35. The minimum atomic E-state index is -0.779. The number of ether oxygens (including phenoxy) is 1. The lowest BCUT2D eigenvalue weighted by molar-refractivity contribution is 0.189. The molecule has 0 radical (unpaired) electrons. The third kappa shape index (κ3) is 8.73. The van der Waals surface area contributed by atoms with E-state index in [1.165, 1.54) is 0 Å². The van der Waals surface area contributed by atoms with Crippen LogP contribution < -0.4 is 0 Å². The van der Waals surface area contributed by atoms with Gasteiger partial charge >= 0.3 is 0 Å². The fraction of sp³-hybridized carbons (Fsp3) is 0.167. The fourth-order valence-corrected chi connectivity index (χ4v) is 2.38. The standard InChI is InChI=1S/C12H9Cl2NO.C6H8Cl2O/c13-9-3-4-10(11(14)6-9)12(16)8-2-1-5-15-7-8;1-5(7)3-9-4-6(2)8/h1-7,12,16H;1-4H2. The van der Waals surface area contributed by atoms with Gasteiger partial charge in [-0.05, 0) is 18.2 Å². The number of pyridine rings is 1. The first-order valence-corrected chi connectivity index (χ1v) is 8.59. The molecule has 2 aromatic rings. The van der Waals surface area contributed by atoms with Crippen LogP contribution in [0.5, 0.6) is 0 Å². The van der Waals surface area contributed by atoms with Crippen molar-refractivity contribution >= 4 is 46.4 Å². The molecule has 1 aromatic carbocycles. The zero-order chi connectivity index (χ0) is 18.8. The highest BCUT2D eigenvalue weighted by Gasteiger charge is 2.13. The van der Waals surface area contributed by atoms with Gasteiger partial charge in [0.1, 0.15) is 6.10 Å². The van der Waals surface area contributed by atoms with E-state index >= 15 is 0 Å². The van der Waals surface area contributed by atoms with Gasteiger partial charge in [-0.3, -0.25) is 4.98 Å². The van der Waals surface area contributed by atoms with Gasteiger partial charge in [-0.1, -0.05) is 71.7 Å². The topological polar surface area (TPSA) is 42.4 Å². The van der Waals surface area contributed by atoms with Gasteiger partial charge in [0.05, 0.1) is 13.2 Å². The van der Waals surface area contributed by atoms with E-state index in [9.17, 15) is 5.11 Å². The lowest BCUT2D eigenvalue weighted by Gasteiger charge is -2.12. The summed E-state index contributed by atoms with van der Waals surface area (Å²) in [7, 11) is 0. The fourth-order valence-electron chi connectivity index (χ4n) is 1.71. The second-order valence-electron chi connectivity index (χ2n) is 4.88. The van der Waals surface area contributed by atoms with Crippen LogP contribution in [0.4, 0.5) is 0 Å². The van der Waals surface area contributed by atoms with Crippen LogP contribution in [0.25, 0.3) is 0 Å². The highest BCUT2D eigenvalue weighted by atomic mass is 35.5. The Morgan fingerprint density at radius 2 is 1.76 bits per heavy atom. The van der Waals surface area contributed by atoms with Gasteiger partial charge in [0, 0.05) is 43.6 Å². The zero-order valence-corrected chi connectivity index (χ0v) is 16.3. The summed E-state index contributed by atoms with van der Waals surface area (Å²) < 4.78 is 4.89. The average Bonchev–Trinajstić information content (AvgIpc) is 2.55. The van der Waals surface area contributed by atoms with E-state index in [1.807, 2.05) is 0 Å². The van der Waals surface area contributed by atoms with E-state index in [-0.39, 0.29) is 0 Å². The number of rotatable bonds is 6. The molecule has 25 heavy (non-hydrogen) atoms. The minimum Gasteiger partial charge on any atom is -0.384 e. The van der Waals surface area contributed by atoms with Crippen LogP contribution in [0.15, 0.2) is 65.9 Å². The summed E-state index contributed by atoms with van der Waals surface area (Å²) in [6.45, 7) is 7.49. The van der Waals surface area contributed by atoms with Gasteiger partial charge in [-0.15, -0.1) is 0 Å². The normalized spacial score (nSPS) is 11.2. The quantitative estimate of drug-likeness (QED) is 0.624. The lowest BCUT2D eigenvalue weighted by atomic mass is 10.0. The van der Waals surface area contributed by atoms with Crippen molar-refractivity contribution in [1.82, 2.24) is 4.98 Å². The zero-order valence-electron chi connectivity index (χ0n) is 13.3. The maximum atomic E-state index is 10.1. The molecule has 1 unspecified atom stereocenters. The Balaban J connectivity index is 0.000000299. The number of benzene rings is 1. The van der Waals surface area contributed by atoms with E-state index in [2.05, 4.69) is 18.1 Å². The average molecular weight is 421 g/mol. The number of aliphatic hydroxyl groups is 1. The predicted octanol–water partition coefficient (Wildman–Crippen LogP) is 5.98. The third-order valence-corrected chi connectivity index (χ3v) is 3.56. The largest absolute Gasteiger partial charge is 0.384 e. The molecule has 0 saturated heterocycles. The van der Waals surface area contributed by atoms with Crippen molar-refractivity contribution in [2.75, 3.05) is 13.2 Å². The summed E-state index contributed by atoms with van der Waals surface area (Å²) in [5.74, 6) is 0. The Morgan fingerprint density at radius 1 is 1.12 bits per heavy atom. The maximum absolute atomic E-state index is 10.1. The summed E-state index contributed by atoms with van der Waals surface area (Å²) in [4.78, 5) is 3.95. The smallest absolute Gasteiger partial charge is 0.107 e. The SMILES string of the molecule is C=C(Cl)COCC(=C)Cl.OC(c1cccnc1)c1ccc(Cl)cc1Cl. The molecule has 0 saturated carbocycles. The molecular formula is C18H17Cl4NO2. The van der Waals surface area contributed by atoms with Crippen molar-refractivity contribution in [3.63, 3.8) is 0 Å². The van der Waals surface area contributed by atoms with E-state index in [0.717, 1.165) is 0 Å². The van der Waals surface area contributed by atoms with Gasteiger partial charge in [-0.25, -0.2) is 0 Å². The van der Waals surface area contributed by atoms with Gasteiger partial charge in [0.2, 0.25) is 0 Å². The minimum absolute atomic E-state index is 0.327. The molecule has 1 aromatic heterocycles. The van der Waals surface area contributed by atoms with E-state index in [1.54, 1.807) is 42.7 Å². The monoisotopic (exact) mass is 419 g/mol. The Labute approximate surface area is 167 Å². The molecule has 0 bridgehead atoms. The molecule has 7 heteroatoms. The van der Waals surface area contributed by atoms with Gasteiger partial charge < -0.3 is 9.84 Å². The Hall–Kier alpha value is -1.07. The van der Waals surface area contributed by atoms with Crippen LogP contribution in [0.1, 0.15) is 17.2 Å². The maximum Gasteiger partial charge on any atom is 0.107 e. The molecule has 0 spiro atoms. The Morgan fingerprint density at radius 3 is 2.24 bits per heavy atom. The molecule has 3 nitrogen and oxygen atoms in total. The van der Waals surface area contributed by atoms with Crippen molar-refractivity contribution in [1.29, 1.82) is 0 Å². The van der Waals surface area contributed by atoms with Gasteiger partial charge in [0.25, 0.3) is 0 Å². The Kier molecular flexibility index (Phi) is 10.1. The first-order chi connectivity index (χ1) is 11.8. The number of halogens is 4. The summed E-state index contributed by atoms with van der Waals surface area (Å²) in [5, 5.41) is 12.0. The lowest BCUT2D eigenvalue weighted by Crippen LogP contribution is -2.00. The molecule has 1 N–H and O–H groups in total. The van der Waals surface area contributed by atoms with Crippen molar-refractivity contribution in [2.24, 2.45) is 0 Å². The number of nitrogens with zero attached hydrogens (tertiary/aromatic N) is 1. The van der Waals surface area contributed by atoms with Crippen molar-refractivity contribution in [3.05, 3.63) is 87.1 Å². The molecule has 134 valence electrons. The molecule has 0 aliphatic rings. The summed E-state index contributed by atoms with van der Waals surface area (Å²) in [5.41, 5.74) is 1.32. The molecule has 1 atom stereocenters. The predicted molar refractivity (Wildman–Crippen MR) is 106 cm³/mol. The van der Waals surface area contributed by atoms with Crippen molar-refractivity contribution in [2.45, 2.75) is 6.10 Å². The van der Waals surface area contributed by atoms with Gasteiger partial charge in [-0.2, -0.15) is 0 Å². The van der Waals surface area contributed by atoms with Crippen LogP contribution >= 0.6 is 46.4 Å². The van der Waals surface area contributed by atoms with Gasteiger partial charge in [0.15, 0.2) is 0 Å². The highest BCUT2D eigenvalue weighted by Crippen LogP contribution is 2.29. The number of hydrogen-bond acceptors (Lipinski definition) is 3. The third-order valence-electron chi connectivity index (χ3n) is 2.77.